The van der Waals surface area contributed by atoms with Crippen molar-refractivity contribution in [2.75, 3.05) is 23.4 Å². The molecular formula is C13H14N2O3. The van der Waals surface area contributed by atoms with Crippen LogP contribution in [-0.4, -0.2) is 36.0 Å². The predicted molar refractivity (Wildman–Crippen MR) is 66.9 cm³/mol. The van der Waals surface area contributed by atoms with Crippen LogP contribution in [0, 0.1) is 0 Å². The van der Waals surface area contributed by atoms with Crippen LogP contribution >= 0.6 is 0 Å². The van der Waals surface area contributed by atoms with Crippen molar-refractivity contribution >= 4 is 23.1 Å². The smallest absolute Gasteiger partial charge is 0.296 e. The van der Waals surface area contributed by atoms with Crippen LogP contribution in [0.3, 0.4) is 0 Å². The first-order valence-electron chi connectivity index (χ1n) is 6.08. The van der Waals surface area contributed by atoms with E-state index in [2.05, 4.69) is 10.2 Å². The number of benzene rings is 1. The summed E-state index contributed by atoms with van der Waals surface area (Å²) in [6.45, 7) is 1.02. The number of fused-ring (bicyclic) bond motifs is 1. The first kappa shape index (κ1) is 11.2. The molecule has 5 heteroatoms. The average molecular weight is 246 g/mol. The van der Waals surface area contributed by atoms with Gasteiger partial charge in [-0.25, -0.2) is 0 Å². The molecular weight excluding hydrogens is 232 g/mol. The topological polar surface area (TPSA) is 69.6 Å². The monoisotopic (exact) mass is 246 g/mol. The quantitative estimate of drug-likeness (QED) is 0.757. The molecule has 0 saturated carbocycles. The van der Waals surface area contributed by atoms with E-state index in [0.29, 0.717) is 11.3 Å². The van der Waals surface area contributed by atoms with E-state index in [0.717, 1.165) is 25.1 Å². The van der Waals surface area contributed by atoms with E-state index >= 15 is 0 Å². The SMILES string of the molecule is O=C1Nc2cc(N3CCCC3CO)ccc2C1=O. The van der Waals surface area contributed by atoms with Gasteiger partial charge in [0.1, 0.15) is 0 Å². The number of nitrogens with one attached hydrogen (secondary N) is 1. The number of ketones is 1. The van der Waals surface area contributed by atoms with Gasteiger partial charge in [-0.05, 0) is 31.0 Å². The van der Waals surface area contributed by atoms with Crippen molar-refractivity contribution in [2.45, 2.75) is 18.9 Å². The largest absolute Gasteiger partial charge is 0.394 e. The number of anilines is 2. The predicted octanol–water partition coefficient (Wildman–Crippen LogP) is 0.782. The zero-order valence-corrected chi connectivity index (χ0v) is 9.85. The van der Waals surface area contributed by atoms with E-state index < -0.39 is 11.7 Å². The van der Waals surface area contributed by atoms with Crippen LogP contribution in [0.15, 0.2) is 18.2 Å². The lowest BCUT2D eigenvalue weighted by Gasteiger charge is -2.25. The Morgan fingerprint density at radius 2 is 2.22 bits per heavy atom. The third-order valence-corrected chi connectivity index (χ3v) is 3.62. The summed E-state index contributed by atoms with van der Waals surface area (Å²) < 4.78 is 0. The van der Waals surface area contributed by atoms with Crippen molar-refractivity contribution in [1.29, 1.82) is 0 Å². The van der Waals surface area contributed by atoms with Gasteiger partial charge in [-0.15, -0.1) is 0 Å². The summed E-state index contributed by atoms with van der Waals surface area (Å²) >= 11 is 0. The van der Waals surface area contributed by atoms with Crippen molar-refractivity contribution in [3.05, 3.63) is 23.8 Å². The maximum atomic E-state index is 11.5. The van der Waals surface area contributed by atoms with Gasteiger partial charge in [-0.3, -0.25) is 9.59 Å². The Labute approximate surface area is 104 Å². The highest BCUT2D eigenvalue weighted by atomic mass is 16.3. The van der Waals surface area contributed by atoms with Crippen molar-refractivity contribution in [1.82, 2.24) is 0 Å². The molecule has 1 amide bonds. The molecule has 0 aliphatic carbocycles. The molecule has 0 bridgehead atoms. The Bertz CT molecular complexity index is 527. The number of aliphatic hydroxyl groups is 1. The van der Waals surface area contributed by atoms with Crippen molar-refractivity contribution in [3.63, 3.8) is 0 Å². The van der Waals surface area contributed by atoms with Crippen LogP contribution in [0.1, 0.15) is 23.2 Å². The number of hydrogen-bond acceptors (Lipinski definition) is 4. The maximum absolute atomic E-state index is 11.5. The Hall–Kier alpha value is -1.88. The van der Waals surface area contributed by atoms with Gasteiger partial charge in [0.05, 0.1) is 23.9 Å². The van der Waals surface area contributed by atoms with Crippen molar-refractivity contribution in [3.8, 4) is 0 Å². The van der Waals surface area contributed by atoms with Crippen LogP contribution < -0.4 is 10.2 Å². The zero-order valence-electron chi connectivity index (χ0n) is 9.85. The van der Waals surface area contributed by atoms with Gasteiger partial charge in [-0.1, -0.05) is 0 Å². The molecule has 2 heterocycles. The molecule has 3 rings (SSSR count). The number of carbonyl (C=O) groups is 2. The van der Waals surface area contributed by atoms with E-state index in [-0.39, 0.29) is 12.6 Å². The lowest BCUT2D eigenvalue weighted by Crippen LogP contribution is -2.31. The average Bonchev–Trinajstić information content (AvgIpc) is 2.95. The molecule has 2 N–H and O–H groups in total. The molecule has 0 spiro atoms. The fraction of sp³-hybridized carbons (Fsp3) is 0.385. The van der Waals surface area contributed by atoms with Crippen LogP contribution in [0.4, 0.5) is 11.4 Å². The number of aliphatic hydroxyl groups excluding tert-OH is 1. The van der Waals surface area contributed by atoms with Gasteiger partial charge in [0.25, 0.3) is 11.7 Å². The minimum absolute atomic E-state index is 0.127. The molecule has 1 aromatic carbocycles. The lowest BCUT2D eigenvalue weighted by atomic mass is 10.1. The summed E-state index contributed by atoms with van der Waals surface area (Å²) in [5.74, 6) is -1.04. The highest BCUT2D eigenvalue weighted by Crippen LogP contribution is 2.31. The Morgan fingerprint density at radius 1 is 1.39 bits per heavy atom. The molecule has 0 radical (unpaired) electrons. The summed E-state index contributed by atoms with van der Waals surface area (Å²) in [7, 11) is 0. The molecule has 2 aliphatic rings. The maximum Gasteiger partial charge on any atom is 0.296 e. The molecule has 1 saturated heterocycles. The molecule has 1 unspecified atom stereocenters. The number of amides is 1. The zero-order chi connectivity index (χ0) is 12.7. The summed E-state index contributed by atoms with van der Waals surface area (Å²) in [4.78, 5) is 24.9. The van der Waals surface area contributed by atoms with E-state index in [1.807, 2.05) is 12.1 Å². The number of carbonyl (C=O) groups excluding carboxylic acids is 2. The Morgan fingerprint density at radius 3 is 3.00 bits per heavy atom. The summed E-state index contributed by atoms with van der Waals surface area (Å²) in [5.41, 5.74) is 1.95. The highest BCUT2D eigenvalue weighted by Gasteiger charge is 2.30. The van der Waals surface area contributed by atoms with Crippen LogP contribution in [0.25, 0.3) is 0 Å². The van der Waals surface area contributed by atoms with Crippen molar-refractivity contribution < 1.29 is 14.7 Å². The summed E-state index contributed by atoms with van der Waals surface area (Å²) in [6, 6.07) is 5.46. The molecule has 1 aromatic rings. The lowest BCUT2D eigenvalue weighted by molar-refractivity contribution is -0.112. The van der Waals surface area contributed by atoms with Gasteiger partial charge in [0.15, 0.2) is 0 Å². The van der Waals surface area contributed by atoms with Crippen LogP contribution in [0.2, 0.25) is 0 Å². The molecule has 5 nitrogen and oxygen atoms in total. The highest BCUT2D eigenvalue weighted by molar-refractivity contribution is 6.51. The molecule has 0 aromatic heterocycles. The van der Waals surface area contributed by atoms with Crippen LogP contribution in [0.5, 0.6) is 0 Å². The van der Waals surface area contributed by atoms with Gasteiger partial charge in [-0.2, -0.15) is 0 Å². The standard InChI is InChI=1S/C13H14N2O3/c16-7-9-2-1-5-15(9)8-3-4-10-11(6-8)14-13(18)12(10)17/h3-4,6,9,16H,1-2,5,7H2,(H,14,17,18). The molecule has 18 heavy (non-hydrogen) atoms. The normalized spacial score (nSPS) is 22.3. The first-order chi connectivity index (χ1) is 8.70. The van der Waals surface area contributed by atoms with E-state index in [1.54, 1.807) is 6.07 Å². The molecule has 1 fully saturated rings. The minimum Gasteiger partial charge on any atom is -0.394 e. The fourth-order valence-corrected chi connectivity index (χ4v) is 2.68. The second-order valence-electron chi connectivity index (χ2n) is 4.69. The summed E-state index contributed by atoms with van der Waals surface area (Å²) in [6.07, 6.45) is 2.02. The van der Waals surface area contributed by atoms with E-state index in [9.17, 15) is 14.7 Å². The molecule has 1 atom stereocenters. The van der Waals surface area contributed by atoms with E-state index in [4.69, 9.17) is 0 Å². The van der Waals surface area contributed by atoms with E-state index in [1.165, 1.54) is 0 Å². The number of rotatable bonds is 2. The fourth-order valence-electron chi connectivity index (χ4n) is 2.68. The molecule has 94 valence electrons. The van der Waals surface area contributed by atoms with Gasteiger partial charge in [0, 0.05) is 12.2 Å². The second kappa shape index (κ2) is 4.10. The van der Waals surface area contributed by atoms with Crippen molar-refractivity contribution in [2.24, 2.45) is 0 Å². The van der Waals surface area contributed by atoms with Gasteiger partial charge < -0.3 is 15.3 Å². The number of nitrogens with zero attached hydrogens (tertiary/aromatic N) is 1. The molecule has 2 aliphatic heterocycles. The van der Waals surface area contributed by atoms with Gasteiger partial charge >= 0.3 is 0 Å². The van der Waals surface area contributed by atoms with Crippen LogP contribution in [-0.2, 0) is 4.79 Å². The third kappa shape index (κ3) is 1.59. The minimum atomic E-state index is -0.567. The number of hydrogen-bond donors (Lipinski definition) is 2. The Kier molecular flexibility index (Phi) is 2.56. The first-order valence-corrected chi connectivity index (χ1v) is 6.08. The summed E-state index contributed by atoms with van der Waals surface area (Å²) in [5, 5.41) is 11.9. The second-order valence-corrected chi connectivity index (χ2v) is 4.69. The Balaban J connectivity index is 1.94. The third-order valence-electron chi connectivity index (χ3n) is 3.62. The van der Waals surface area contributed by atoms with Gasteiger partial charge in [0.2, 0.25) is 0 Å². The number of Topliss-reactive ketones (excluding diaryl/α,β-unsaturated/α-hetero) is 1.